The summed E-state index contributed by atoms with van der Waals surface area (Å²) in [7, 11) is 2.76. The van der Waals surface area contributed by atoms with E-state index in [0.717, 1.165) is 16.7 Å². The summed E-state index contributed by atoms with van der Waals surface area (Å²) in [5.41, 5.74) is 0.675. The van der Waals surface area contributed by atoms with Crippen molar-refractivity contribution in [1.29, 1.82) is 0 Å². The molecule has 156 valence electrons. The van der Waals surface area contributed by atoms with Gasteiger partial charge < -0.3 is 18.6 Å². The van der Waals surface area contributed by atoms with Crippen molar-refractivity contribution in [3.05, 3.63) is 65.0 Å². The molecule has 0 aliphatic carbocycles. The zero-order chi connectivity index (χ0) is 21.7. The zero-order valence-electron chi connectivity index (χ0n) is 16.4. The molecule has 1 aromatic heterocycles. The van der Waals surface area contributed by atoms with Crippen LogP contribution in [0.3, 0.4) is 0 Å². The van der Waals surface area contributed by atoms with E-state index in [4.69, 9.17) is 13.9 Å². The van der Waals surface area contributed by atoms with Gasteiger partial charge >= 0.3 is 5.97 Å². The van der Waals surface area contributed by atoms with E-state index in [1.165, 1.54) is 26.4 Å². The minimum absolute atomic E-state index is 0.0765. The van der Waals surface area contributed by atoms with Crippen LogP contribution in [-0.2, 0) is 16.1 Å². The number of amides is 2. The van der Waals surface area contributed by atoms with Crippen LogP contribution < -0.4 is 9.47 Å². The minimum atomic E-state index is -0.569. The van der Waals surface area contributed by atoms with E-state index in [1.54, 1.807) is 30.3 Å². The lowest BCUT2D eigenvalue weighted by molar-refractivity contribution is -0.122. The lowest BCUT2D eigenvalue weighted by Crippen LogP contribution is -2.27. The van der Waals surface area contributed by atoms with Crippen molar-refractivity contribution in [1.82, 2.24) is 4.90 Å². The molecule has 30 heavy (non-hydrogen) atoms. The van der Waals surface area contributed by atoms with E-state index in [9.17, 15) is 14.4 Å². The standard InChI is InChI=1S/C21H19NO7S/c1-4-9-22-19(23)18(30-21(22)25)11-13-5-7-15(17(10-13)26-2)28-12-14-6-8-16(29-14)20(24)27-3/h4-8,10-11H,1,9,12H2,2-3H3/b18-11+. The second kappa shape index (κ2) is 9.36. The molecule has 2 heterocycles. The SMILES string of the molecule is C=CCN1C(=O)S/C(=C/c2ccc(OCc3ccc(C(=O)OC)o3)c(OC)c2)C1=O. The molecule has 0 radical (unpaired) electrons. The van der Waals surface area contributed by atoms with Crippen molar-refractivity contribution >= 4 is 35.0 Å². The third kappa shape index (κ3) is 4.57. The molecule has 2 amide bonds. The fourth-order valence-electron chi connectivity index (χ4n) is 2.65. The number of thioether (sulfide) groups is 1. The summed E-state index contributed by atoms with van der Waals surface area (Å²) >= 11 is 0.877. The van der Waals surface area contributed by atoms with E-state index in [0.29, 0.717) is 27.7 Å². The number of carbonyl (C=O) groups is 3. The quantitative estimate of drug-likeness (QED) is 0.354. The van der Waals surface area contributed by atoms with Gasteiger partial charge in [0.1, 0.15) is 12.4 Å². The highest BCUT2D eigenvalue weighted by Crippen LogP contribution is 2.34. The Kier molecular flexibility index (Phi) is 6.63. The van der Waals surface area contributed by atoms with Gasteiger partial charge in [-0.2, -0.15) is 0 Å². The second-order valence-corrected chi connectivity index (χ2v) is 7.03. The molecule has 0 spiro atoms. The summed E-state index contributed by atoms with van der Waals surface area (Å²) < 4.78 is 21.0. The van der Waals surface area contributed by atoms with Crippen LogP contribution >= 0.6 is 11.8 Å². The predicted octanol–water partition coefficient (Wildman–Crippen LogP) is 3.88. The maximum Gasteiger partial charge on any atom is 0.373 e. The fraction of sp³-hybridized carbons (Fsp3) is 0.190. The lowest BCUT2D eigenvalue weighted by atomic mass is 10.2. The van der Waals surface area contributed by atoms with Crippen molar-refractivity contribution in [3.8, 4) is 11.5 Å². The molecule has 1 aliphatic rings. The number of hydrogen-bond donors (Lipinski definition) is 0. The molecule has 1 saturated heterocycles. The summed E-state index contributed by atoms with van der Waals surface area (Å²) in [5, 5.41) is -0.331. The fourth-order valence-corrected chi connectivity index (χ4v) is 3.49. The summed E-state index contributed by atoms with van der Waals surface area (Å²) in [5.74, 6) is 0.490. The molecule has 0 bridgehead atoms. The number of imide groups is 1. The molecule has 8 nitrogen and oxygen atoms in total. The maximum atomic E-state index is 12.3. The van der Waals surface area contributed by atoms with Gasteiger partial charge in [0.15, 0.2) is 11.5 Å². The van der Waals surface area contributed by atoms with Crippen LogP contribution in [0.2, 0.25) is 0 Å². The van der Waals surface area contributed by atoms with Gasteiger partial charge in [-0.05, 0) is 47.7 Å². The Morgan fingerprint density at radius 1 is 1.20 bits per heavy atom. The first-order valence-electron chi connectivity index (χ1n) is 8.81. The van der Waals surface area contributed by atoms with Gasteiger partial charge in [-0.25, -0.2) is 4.79 Å². The molecule has 1 aromatic carbocycles. The van der Waals surface area contributed by atoms with E-state index in [1.807, 2.05) is 0 Å². The minimum Gasteiger partial charge on any atom is -0.493 e. The first-order valence-corrected chi connectivity index (χ1v) is 9.62. The van der Waals surface area contributed by atoms with Gasteiger partial charge in [0.2, 0.25) is 5.76 Å². The van der Waals surface area contributed by atoms with Crippen molar-refractivity contribution in [2.45, 2.75) is 6.61 Å². The third-order valence-corrected chi connectivity index (χ3v) is 5.00. The topological polar surface area (TPSA) is 95.3 Å². The monoisotopic (exact) mass is 429 g/mol. The number of carbonyl (C=O) groups excluding carboxylic acids is 3. The van der Waals surface area contributed by atoms with Crippen LogP contribution in [0.5, 0.6) is 11.5 Å². The van der Waals surface area contributed by atoms with Crippen molar-refractivity contribution < 1.29 is 33.0 Å². The molecule has 0 N–H and O–H groups in total. The Balaban J connectivity index is 1.73. The Bertz CT molecular complexity index is 1020. The van der Waals surface area contributed by atoms with Crippen molar-refractivity contribution in [2.24, 2.45) is 0 Å². The Hall–Kier alpha value is -3.46. The second-order valence-electron chi connectivity index (χ2n) is 6.04. The van der Waals surface area contributed by atoms with Gasteiger partial charge in [0.05, 0.1) is 19.1 Å². The zero-order valence-corrected chi connectivity index (χ0v) is 17.2. The summed E-state index contributed by atoms with van der Waals surface area (Å²) in [6.07, 6.45) is 3.12. The Morgan fingerprint density at radius 2 is 2.00 bits per heavy atom. The third-order valence-electron chi connectivity index (χ3n) is 4.09. The summed E-state index contributed by atoms with van der Waals surface area (Å²) in [6, 6.07) is 8.24. The predicted molar refractivity (Wildman–Crippen MR) is 110 cm³/mol. The van der Waals surface area contributed by atoms with Crippen LogP contribution in [0.4, 0.5) is 4.79 Å². The smallest absolute Gasteiger partial charge is 0.373 e. The van der Waals surface area contributed by atoms with E-state index < -0.39 is 5.97 Å². The number of hydrogen-bond acceptors (Lipinski definition) is 8. The summed E-state index contributed by atoms with van der Waals surface area (Å²) in [4.78, 5) is 37.2. The van der Waals surface area contributed by atoms with Gasteiger partial charge in [0.25, 0.3) is 11.1 Å². The normalized spacial score (nSPS) is 14.9. The van der Waals surface area contributed by atoms with Crippen LogP contribution in [0.15, 0.2) is 52.3 Å². The molecule has 0 saturated carbocycles. The Morgan fingerprint density at radius 3 is 2.70 bits per heavy atom. The molecule has 9 heteroatoms. The van der Waals surface area contributed by atoms with E-state index in [2.05, 4.69) is 11.3 Å². The van der Waals surface area contributed by atoms with Gasteiger partial charge in [-0.15, -0.1) is 6.58 Å². The molecular weight excluding hydrogens is 410 g/mol. The largest absolute Gasteiger partial charge is 0.493 e. The summed E-state index contributed by atoms with van der Waals surface area (Å²) in [6.45, 7) is 3.80. The highest BCUT2D eigenvalue weighted by atomic mass is 32.2. The van der Waals surface area contributed by atoms with E-state index in [-0.39, 0.29) is 30.1 Å². The molecule has 0 unspecified atom stereocenters. The molecule has 1 fully saturated rings. The number of esters is 1. The van der Waals surface area contributed by atoms with Crippen LogP contribution in [0, 0.1) is 0 Å². The number of ether oxygens (including phenoxy) is 3. The number of benzene rings is 1. The number of furan rings is 1. The van der Waals surface area contributed by atoms with Crippen LogP contribution in [-0.4, -0.2) is 42.8 Å². The van der Waals surface area contributed by atoms with Crippen LogP contribution in [0.1, 0.15) is 21.9 Å². The Labute approximate surface area is 177 Å². The molecular formula is C21H19NO7S. The van der Waals surface area contributed by atoms with Gasteiger partial charge in [-0.1, -0.05) is 12.1 Å². The van der Waals surface area contributed by atoms with Gasteiger partial charge in [-0.3, -0.25) is 14.5 Å². The van der Waals surface area contributed by atoms with Gasteiger partial charge in [0, 0.05) is 6.54 Å². The van der Waals surface area contributed by atoms with E-state index >= 15 is 0 Å². The molecule has 3 rings (SSSR count). The maximum absolute atomic E-state index is 12.3. The number of methoxy groups -OCH3 is 2. The molecule has 1 aliphatic heterocycles. The van der Waals surface area contributed by atoms with Crippen LogP contribution in [0.25, 0.3) is 6.08 Å². The average molecular weight is 429 g/mol. The van der Waals surface area contributed by atoms with Crippen molar-refractivity contribution in [2.75, 3.05) is 20.8 Å². The highest BCUT2D eigenvalue weighted by Gasteiger charge is 2.34. The molecule has 0 atom stereocenters. The average Bonchev–Trinajstić information content (AvgIpc) is 3.33. The van der Waals surface area contributed by atoms with Crippen molar-refractivity contribution in [3.63, 3.8) is 0 Å². The first kappa shape index (κ1) is 21.3. The lowest BCUT2D eigenvalue weighted by Gasteiger charge is -2.11. The number of nitrogens with zero attached hydrogens (tertiary/aromatic N) is 1. The number of rotatable bonds is 8. The molecule has 2 aromatic rings. The first-order chi connectivity index (χ1) is 14.5. The highest BCUT2D eigenvalue weighted by molar-refractivity contribution is 8.18.